The Morgan fingerprint density at radius 3 is 2.90 bits per heavy atom. The molecule has 0 aromatic heterocycles. The topological polar surface area (TPSA) is 58.6 Å². The minimum Gasteiger partial charge on any atom is -0.493 e. The Kier molecular flexibility index (Phi) is 3.89. The van der Waals surface area contributed by atoms with Crippen molar-refractivity contribution in [2.45, 2.75) is 44.6 Å². The number of aliphatic hydroxyl groups excluding tert-OH is 1. The number of hydrogen-bond donors (Lipinski definition) is 2. The molecule has 0 saturated heterocycles. The highest BCUT2D eigenvalue weighted by Crippen LogP contribution is 2.32. The fourth-order valence-electron chi connectivity index (χ4n) is 3.28. The van der Waals surface area contributed by atoms with Gasteiger partial charge in [-0.2, -0.15) is 0 Å². The highest BCUT2D eigenvalue weighted by Gasteiger charge is 2.35. The van der Waals surface area contributed by atoms with Crippen LogP contribution in [0.25, 0.3) is 0 Å². The number of nitrogens with one attached hydrogen (secondary N) is 1. The fraction of sp³-hybridized carbons (Fsp3) is 0.588. The van der Waals surface area contributed by atoms with Crippen LogP contribution >= 0.6 is 0 Å². The Labute approximate surface area is 125 Å². The van der Waals surface area contributed by atoms with Gasteiger partial charge in [0, 0.05) is 12.0 Å². The van der Waals surface area contributed by atoms with Crippen LogP contribution in [0.5, 0.6) is 5.75 Å². The van der Waals surface area contributed by atoms with Crippen molar-refractivity contribution in [2.75, 3.05) is 13.2 Å². The molecule has 3 rings (SSSR count). The molecule has 2 aliphatic rings. The van der Waals surface area contributed by atoms with E-state index < -0.39 is 5.54 Å². The van der Waals surface area contributed by atoms with E-state index in [1.165, 1.54) is 0 Å². The molecule has 0 radical (unpaired) electrons. The molecule has 0 unspecified atom stereocenters. The summed E-state index contributed by atoms with van der Waals surface area (Å²) in [4.78, 5) is 12.5. The van der Waals surface area contributed by atoms with Gasteiger partial charge in [-0.05, 0) is 55.4 Å². The van der Waals surface area contributed by atoms with E-state index in [1.54, 1.807) is 6.07 Å². The molecule has 1 heterocycles. The Morgan fingerprint density at radius 1 is 1.43 bits per heavy atom. The van der Waals surface area contributed by atoms with Crippen LogP contribution in [0, 0.1) is 5.92 Å². The zero-order valence-electron chi connectivity index (χ0n) is 12.5. The monoisotopic (exact) mass is 289 g/mol. The van der Waals surface area contributed by atoms with Gasteiger partial charge in [0.1, 0.15) is 5.75 Å². The quantitative estimate of drug-likeness (QED) is 0.897. The van der Waals surface area contributed by atoms with E-state index in [1.807, 2.05) is 12.1 Å². The average Bonchev–Trinajstić information content (AvgIpc) is 2.97. The van der Waals surface area contributed by atoms with Crippen molar-refractivity contribution in [3.05, 3.63) is 29.3 Å². The van der Waals surface area contributed by atoms with Crippen LogP contribution in [0.2, 0.25) is 0 Å². The lowest BCUT2D eigenvalue weighted by atomic mass is 9.77. The average molecular weight is 289 g/mol. The van der Waals surface area contributed by atoms with Gasteiger partial charge >= 0.3 is 0 Å². The zero-order valence-corrected chi connectivity index (χ0v) is 12.5. The first-order valence-electron chi connectivity index (χ1n) is 7.81. The highest BCUT2D eigenvalue weighted by atomic mass is 16.5. The van der Waals surface area contributed by atoms with Crippen molar-refractivity contribution in [3.8, 4) is 5.75 Å². The van der Waals surface area contributed by atoms with Crippen molar-refractivity contribution < 1.29 is 14.6 Å². The molecule has 1 aromatic carbocycles. The number of hydrogen-bond acceptors (Lipinski definition) is 3. The molecule has 1 fully saturated rings. The number of carbonyl (C=O) groups is 1. The molecule has 4 nitrogen and oxygen atoms in total. The number of amides is 1. The lowest BCUT2D eigenvalue weighted by Gasteiger charge is -2.38. The lowest BCUT2D eigenvalue weighted by molar-refractivity contribution is 0.0717. The number of ether oxygens (including phenoxy) is 1. The normalized spacial score (nSPS) is 27.8. The standard InChI is InChI=1S/C17H23NO3/c1-12-4-7-17(11-19,8-5-12)18-16(20)14-2-3-15-13(10-14)6-9-21-15/h2-3,10,12,19H,4-9,11H2,1H3,(H,18,20). The third-order valence-corrected chi connectivity index (χ3v) is 4.86. The van der Waals surface area contributed by atoms with Crippen LogP contribution < -0.4 is 10.1 Å². The Hall–Kier alpha value is -1.55. The van der Waals surface area contributed by atoms with Crippen molar-refractivity contribution in [1.29, 1.82) is 0 Å². The second kappa shape index (κ2) is 5.68. The molecule has 1 saturated carbocycles. The van der Waals surface area contributed by atoms with Crippen LogP contribution in [-0.2, 0) is 6.42 Å². The maximum atomic E-state index is 12.5. The van der Waals surface area contributed by atoms with E-state index in [0.717, 1.165) is 43.4 Å². The molecule has 4 heteroatoms. The lowest BCUT2D eigenvalue weighted by Crippen LogP contribution is -2.53. The van der Waals surface area contributed by atoms with Crippen molar-refractivity contribution in [1.82, 2.24) is 5.32 Å². The first kappa shape index (κ1) is 14.4. The zero-order chi connectivity index (χ0) is 14.9. The van der Waals surface area contributed by atoms with E-state index >= 15 is 0 Å². The smallest absolute Gasteiger partial charge is 0.251 e. The predicted octanol–water partition coefficient (Wildman–Crippen LogP) is 2.29. The van der Waals surface area contributed by atoms with Gasteiger partial charge in [-0.3, -0.25) is 4.79 Å². The Balaban J connectivity index is 1.73. The van der Waals surface area contributed by atoms with E-state index in [4.69, 9.17) is 4.74 Å². The molecule has 1 aliphatic carbocycles. The van der Waals surface area contributed by atoms with Crippen LogP contribution in [0.3, 0.4) is 0 Å². The molecule has 2 N–H and O–H groups in total. The van der Waals surface area contributed by atoms with E-state index in [-0.39, 0.29) is 12.5 Å². The number of aliphatic hydroxyl groups is 1. The van der Waals surface area contributed by atoms with Gasteiger partial charge in [-0.15, -0.1) is 0 Å². The van der Waals surface area contributed by atoms with E-state index in [0.29, 0.717) is 18.1 Å². The maximum absolute atomic E-state index is 12.5. The molecule has 1 aromatic rings. The molecule has 1 aliphatic heterocycles. The Morgan fingerprint density at radius 2 is 2.19 bits per heavy atom. The highest BCUT2D eigenvalue weighted by molar-refractivity contribution is 5.95. The van der Waals surface area contributed by atoms with E-state index in [2.05, 4.69) is 12.2 Å². The third-order valence-electron chi connectivity index (χ3n) is 4.86. The summed E-state index contributed by atoms with van der Waals surface area (Å²) < 4.78 is 5.46. The van der Waals surface area contributed by atoms with Crippen molar-refractivity contribution in [3.63, 3.8) is 0 Å². The second-order valence-electron chi connectivity index (χ2n) is 6.50. The molecular formula is C17H23NO3. The fourth-order valence-corrected chi connectivity index (χ4v) is 3.28. The summed E-state index contributed by atoms with van der Waals surface area (Å²) in [6, 6.07) is 5.58. The third kappa shape index (κ3) is 2.91. The Bertz CT molecular complexity index is 533. The molecule has 21 heavy (non-hydrogen) atoms. The SMILES string of the molecule is CC1CCC(CO)(NC(=O)c2ccc3c(c2)CCO3)CC1. The summed E-state index contributed by atoms with van der Waals surface area (Å²) >= 11 is 0. The molecule has 0 bridgehead atoms. The summed E-state index contributed by atoms with van der Waals surface area (Å²) in [5.74, 6) is 1.47. The second-order valence-corrected chi connectivity index (χ2v) is 6.50. The summed E-state index contributed by atoms with van der Waals surface area (Å²) in [6.45, 7) is 2.93. The van der Waals surface area contributed by atoms with Crippen LogP contribution in [0.4, 0.5) is 0 Å². The minimum atomic E-state index is -0.445. The van der Waals surface area contributed by atoms with Gasteiger partial charge in [0.25, 0.3) is 5.91 Å². The first-order chi connectivity index (χ1) is 10.1. The van der Waals surface area contributed by atoms with Crippen LogP contribution in [-0.4, -0.2) is 29.8 Å². The van der Waals surface area contributed by atoms with Crippen molar-refractivity contribution in [2.24, 2.45) is 5.92 Å². The molecule has 0 atom stereocenters. The van der Waals surface area contributed by atoms with Crippen LogP contribution in [0.1, 0.15) is 48.5 Å². The van der Waals surface area contributed by atoms with Gasteiger partial charge in [0.15, 0.2) is 0 Å². The molecule has 1 amide bonds. The van der Waals surface area contributed by atoms with Gasteiger partial charge in [-0.1, -0.05) is 6.92 Å². The van der Waals surface area contributed by atoms with Crippen molar-refractivity contribution >= 4 is 5.91 Å². The first-order valence-corrected chi connectivity index (χ1v) is 7.81. The number of benzene rings is 1. The summed E-state index contributed by atoms with van der Waals surface area (Å²) in [5, 5.41) is 12.8. The van der Waals surface area contributed by atoms with Crippen LogP contribution in [0.15, 0.2) is 18.2 Å². The summed E-state index contributed by atoms with van der Waals surface area (Å²) in [7, 11) is 0. The van der Waals surface area contributed by atoms with E-state index in [9.17, 15) is 9.90 Å². The van der Waals surface area contributed by atoms with Gasteiger partial charge in [-0.25, -0.2) is 0 Å². The minimum absolute atomic E-state index is 0.0134. The molecule has 114 valence electrons. The molecular weight excluding hydrogens is 266 g/mol. The largest absolute Gasteiger partial charge is 0.493 e. The number of rotatable bonds is 3. The van der Waals surface area contributed by atoms with Gasteiger partial charge in [0.2, 0.25) is 0 Å². The maximum Gasteiger partial charge on any atom is 0.251 e. The van der Waals surface area contributed by atoms with Gasteiger partial charge in [0.05, 0.1) is 18.8 Å². The summed E-state index contributed by atoms with van der Waals surface area (Å²) in [6.07, 6.45) is 4.67. The number of fused-ring (bicyclic) bond motifs is 1. The predicted molar refractivity (Wildman–Crippen MR) is 80.6 cm³/mol. The summed E-state index contributed by atoms with van der Waals surface area (Å²) in [5.41, 5.74) is 1.31. The van der Waals surface area contributed by atoms with Gasteiger partial charge < -0.3 is 15.2 Å². The number of carbonyl (C=O) groups excluding carboxylic acids is 1. The molecule has 0 spiro atoms.